The van der Waals surface area contributed by atoms with Crippen molar-refractivity contribution in [3.8, 4) is 0 Å². The molecular weight excluding hydrogens is 267 g/mol. The zero-order chi connectivity index (χ0) is 8.36. The first-order valence-electron chi connectivity index (χ1n) is 2.62. The van der Waals surface area contributed by atoms with Crippen molar-refractivity contribution in [2.24, 2.45) is 16.2 Å². The fraction of sp³-hybridized carbons (Fsp3) is 1.00. The van der Waals surface area contributed by atoms with Gasteiger partial charge in [0, 0.05) is 6.04 Å². The second-order valence-electron chi connectivity index (χ2n) is 1.99. The number of halogens is 1. The Labute approximate surface area is 73.0 Å². The van der Waals surface area contributed by atoms with Gasteiger partial charge in [-0.2, -0.15) is 0 Å². The van der Waals surface area contributed by atoms with Crippen molar-refractivity contribution in [2.75, 3.05) is 0 Å². The summed E-state index contributed by atoms with van der Waals surface area (Å²) in [5, 5.41) is 0. The SMILES string of the molecule is CC(C)N(N)S(=O)(I)=NN. The van der Waals surface area contributed by atoms with Crippen molar-refractivity contribution in [3.63, 3.8) is 0 Å². The molecule has 0 saturated carbocycles. The highest BCUT2D eigenvalue weighted by atomic mass is 127. The molecule has 0 aromatic heterocycles. The van der Waals surface area contributed by atoms with Crippen LogP contribution in [0.1, 0.15) is 13.8 Å². The lowest BCUT2D eigenvalue weighted by atomic mass is 10.4. The smallest absolute Gasteiger partial charge is 0.194 e. The highest BCUT2D eigenvalue weighted by Crippen LogP contribution is 2.10. The van der Waals surface area contributed by atoms with Crippen molar-refractivity contribution < 1.29 is 4.21 Å². The highest BCUT2D eigenvalue weighted by Gasteiger charge is 2.14. The van der Waals surface area contributed by atoms with Crippen molar-refractivity contribution in [3.05, 3.63) is 0 Å². The molecule has 5 nitrogen and oxygen atoms in total. The largest absolute Gasteiger partial charge is 0.255 e. The first-order valence-corrected chi connectivity index (χ1v) is 6.63. The second-order valence-corrected chi connectivity index (χ2v) is 6.93. The molecule has 62 valence electrons. The molecule has 0 heterocycles. The van der Waals surface area contributed by atoms with Crippen molar-refractivity contribution in [2.45, 2.75) is 19.9 Å². The quantitative estimate of drug-likeness (QED) is 0.327. The van der Waals surface area contributed by atoms with E-state index >= 15 is 0 Å². The van der Waals surface area contributed by atoms with Gasteiger partial charge in [-0.05, 0) is 13.8 Å². The molecule has 4 N–H and O–H groups in total. The van der Waals surface area contributed by atoms with Crippen LogP contribution < -0.4 is 11.7 Å². The van der Waals surface area contributed by atoms with Crippen LogP contribution in [0.5, 0.6) is 0 Å². The standard InChI is InChI=1S/C3H11IN4OS/c1-3(2)8(6)10(4,9)7-5/h3H,5-6H2,1-2H3. The average molecular weight is 278 g/mol. The number of nitrogens with two attached hydrogens (primary N) is 2. The molecule has 10 heavy (non-hydrogen) atoms. The zero-order valence-corrected chi connectivity index (χ0v) is 8.79. The molecule has 0 saturated heterocycles. The molecule has 0 aliphatic heterocycles. The summed E-state index contributed by atoms with van der Waals surface area (Å²) in [6.45, 7) is 3.62. The Balaban J connectivity index is 4.52. The third-order valence-corrected chi connectivity index (χ3v) is 4.15. The van der Waals surface area contributed by atoms with Gasteiger partial charge in [0.2, 0.25) is 0 Å². The number of rotatable bonds is 2. The van der Waals surface area contributed by atoms with Gasteiger partial charge in [-0.1, -0.05) is 0 Å². The van der Waals surface area contributed by atoms with Gasteiger partial charge in [0.15, 0.2) is 7.09 Å². The van der Waals surface area contributed by atoms with Gasteiger partial charge in [0.25, 0.3) is 0 Å². The molecule has 0 aliphatic carbocycles. The Bertz CT molecular complexity index is 209. The molecule has 0 rings (SSSR count). The molecule has 0 aromatic rings. The Hall–Kier alpha value is 0.560. The second kappa shape index (κ2) is 3.81. The fourth-order valence-electron chi connectivity index (χ4n) is 0.314. The van der Waals surface area contributed by atoms with E-state index in [1.54, 1.807) is 21.2 Å². The molecule has 0 aromatic carbocycles. The van der Waals surface area contributed by atoms with Crippen LogP contribution in [0.2, 0.25) is 0 Å². The molecule has 0 amide bonds. The van der Waals surface area contributed by atoms with Crippen molar-refractivity contribution in [1.82, 2.24) is 4.41 Å². The van der Waals surface area contributed by atoms with Crippen LogP contribution in [-0.4, -0.2) is 14.7 Å². The predicted octanol–water partition coefficient (Wildman–Crippen LogP) is 0.177. The minimum Gasteiger partial charge on any atom is -0.255 e. The Morgan fingerprint density at radius 2 is 2.10 bits per heavy atom. The predicted molar refractivity (Wildman–Crippen MR) is 49.9 cm³/mol. The first kappa shape index (κ1) is 10.6. The zero-order valence-electron chi connectivity index (χ0n) is 5.82. The van der Waals surface area contributed by atoms with Gasteiger partial charge >= 0.3 is 0 Å². The monoisotopic (exact) mass is 278 g/mol. The number of nitrogens with zero attached hydrogens (tertiary/aromatic N) is 2. The van der Waals surface area contributed by atoms with E-state index in [1.165, 1.54) is 0 Å². The minimum atomic E-state index is -2.56. The maximum Gasteiger partial charge on any atom is 0.194 e. The van der Waals surface area contributed by atoms with Crippen LogP contribution in [0.3, 0.4) is 0 Å². The summed E-state index contributed by atoms with van der Waals surface area (Å²) in [4.78, 5) is 0. The van der Waals surface area contributed by atoms with Crippen LogP contribution in [0.25, 0.3) is 0 Å². The molecule has 1 unspecified atom stereocenters. The third-order valence-electron chi connectivity index (χ3n) is 0.899. The Kier molecular flexibility index (Phi) is 4.02. The van der Waals surface area contributed by atoms with Crippen LogP contribution in [0.4, 0.5) is 0 Å². The summed E-state index contributed by atoms with van der Waals surface area (Å²) in [7, 11) is -2.56. The Morgan fingerprint density at radius 1 is 1.70 bits per heavy atom. The highest BCUT2D eigenvalue weighted by molar-refractivity contribution is 14.2. The number of hydrazine groups is 1. The number of hydrogen-bond acceptors (Lipinski definition) is 3. The van der Waals surface area contributed by atoms with Crippen molar-refractivity contribution in [1.29, 1.82) is 0 Å². The topological polar surface area (TPSA) is 84.7 Å². The molecule has 0 spiro atoms. The third kappa shape index (κ3) is 2.66. The van der Waals surface area contributed by atoms with E-state index in [9.17, 15) is 4.21 Å². The fourth-order valence-corrected chi connectivity index (χ4v) is 2.31. The lowest BCUT2D eigenvalue weighted by Gasteiger charge is -2.18. The van der Waals surface area contributed by atoms with E-state index in [0.717, 1.165) is 4.41 Å². The summed E-state index contributed by atoms with van der Waals surface area (Å²) in [5.41, 5.74) is 0. The van der Waals surface area contributed by atoms with Gasteiger partial charge in [-0.15, -0.1) is 8.89 Å². The normalized spacial score (nSPS) is 17.5. The van der Waals surface area contributed by atoms with Crippen LogP contribution >= 0.6 is 21.2 Å². The van der Waals surface area contributed by atoms with E-state index in [2.05, 4.69) is 4.47 Å². The molecule has 0 radical (unpaired) electrons. The summed E-state index contributed by atoms with van der Waals surface area (Å²) in [5.74, 6) is 10.2. The van der Waals surface area contributed by atoms with Crippen LogP contribution in [0.15, 0.2) is 4.47 Å². The maximum atomic E-state index is 11.2. The van der Waals surface area contributed by atoms with E-state index in [-0.39, 0.29) is 6.04 Å². The van der Waals surface area contributed by atoms with E-state index < -0.39 is 7.09 Å². The van der Waals surface area contributed by atoms with Crippen molar-refractivity contribution >= 4 is 28.3 Å². The van der Waals surface area contributed by atoms with E-state index in [1.807, 2.05) is 13.8 Å². The van der Waals surface area contributed by atoms with Gasteiger partial charge in [0.05, 0.1) is 21.2 Å². The van der Waals surface area contributed by atoms with E-state index in [4.69, 9.17) is 11.7 Å². The molecular formula is C3H11IN4OS. The summed E-state index contributed by atoms with van der Waals surface area (Å²) in [6, 6.07) is -0.0308. The molecule has 0 fully saturated rings. The summed E-state index contributed by atoms with van der Waals surface area (Å²) < 4.78 is 15.5. The maximum absolute atomic E-state index is 11.2. The van der Waals surface area contributed by atoms with Gasteiger partial charge in [-0.3, -0.25) is 5.84 Å². The average Bonchev–Trinajstić information content (AvgIpc) is 1.86. The van der Waals surface area contributed by atoms with E-state index in [0.29, 0.717) is 0 Å². The lowest BCUT2D eigenvalue weighted by molar-refractivity contribution is 0.395. The Morgan fingerprint density at radius 3 is 2.20 bits per heavy atom. The minimum absolute atomic E-state index is 0.0308. The summed E-state index contributed by atoms with van der Waals surface area (Å²) >= 11 is 1.62. The molecule has 0 aliphatic rings. The lowest BCUT2D eigenvalue weighted by Crippen LogP contribution is -2.39. The molecule has 1 atom stereocenters. The van der Waals surface area contributed by atoms with Crippen LogP contribution in [-0.2, 0) is 7.09 Å². The molecule has 0 bridgehead atoms. The van der Waals surface area contributed by atoms with Crippen LogP contribution in [0, 0.1) is 0 Å². The first-order chi connectivity index (χ1) is 4.41. The molecule has 7 heteroatoms. The van der Waals surface area contributed by atoms with Gasteiger partial charge < -0.3 is 0 Å². The van der Waals surface area contributed by atoms with Gasteiger partial charge in [0.1, 0.15) is 0 Å². The summed E-state index contributed by atoms with van der Waals surface area (Å²) in [6.07, 6.45) is 0. The number of hydrogen-bond donors (Lipinski definition) is 2. The van der Waals surface area contributed by atoms with Gasteiger partial charge in [-0.25, -0.2) is 10.1 Å².